The highest BCUT2D eigenvalue weighted by Gasteiger charge is 2.15. The highest BCUT2D eigenvalue weighted by molar-refractivity contribution is 5.80. The molecule has 20 heavy (non-hydrogen) atoms. The minimum atomic E-state index is -0.651. The third-order valence-electron chi connectivity index (χ3n) is 3.38. The van der Waals surface area contributed by atoms with Crippen LogP contribution in [0.15, 0.2) is 24.5 Å². The van der Waals surface area contributed by atoms with E-state index >= 15 is 0 Å². The number of hydrogen-bond acceptors (Lipinski definition) is 3. The lowest BCUT2D eigenvalue weighted by molar-refractivity contribution is 0.0665. The topological polar surface area (TPSA) is 50.1 Å². The van der Waals surface area contributed by atoms with Crippen molar-refractivity contribution >= 4 is 11.0 Å². The lowest BCUT2D eigenvalue weighted by Gasteiger charge is -2.17. The fourth-order valence-electron chi connectivity index (χ4n) is 2.21. The highest BCUT2D eigenvalue weighted by atomic mass is 16.3. The molecule has 0 aliphatic rings. The number of nitrogens with zero attached hydrogens (tertiary/aromatic N) is 2. The van der Waals surface area contributed by atoms with Gasteiger partial charge in [-0.1, -0.05) is 13.8 Å². The second-order valence-corrected chi connectivity index (χ2v) is 6.32. The molecule has 4 heteroatoms. The first-order valence-corrected chi connectivity index (χ1v) is 7.25. The first-order chi connectivity index (χ1) is 9.37. The number of aliphatic hydroxyl groups is 1. The van der Waals surface area contributed by atoms with Gasteiger partial charge in [-0.15, -0.1) is 0 Å². The largest absolute Gasteiger partial charge is 0.390 e. The van der Waals surface area contributed by atoms with Gasteiger partial charge in [0.05, 0.1) is 5.60 Å². The molecule has 0 aromatic carbocycles. The first kappa shape index (κ1) is 15.0. The van der Waals surface area contributed by atoms with Crippen molar-refractivity contribution in [3.05, 3.63) is 30.1 Å². The molecule has 0 radical (unpaired) electrons. The average molecular weight is 275 g/mol. The van der Waals surface area contributed by atoms with Crippen molar-refractivity contribution in [2.24, 2.45) is 0 Å². The molecule has 0 bridgehead atoms. The zero-order valence-corrected chi connectivity index (χ0v) is 12.8. The number of rotatable bonds is 6. The van der Waals surface area contributed by atoms with Crippen LogP contribution < -0.4 is 5.32 Å². The SMILES string of the molecule is CC(C)NCc1cn(CCC(C)(C)O)c2ncccc12. The number of aromatic nitrogens is 2. The molecule has 0 saturated carbocycles. The Bertz CT molecular complexity index is 567. The van der Waals surface area contributed by atoms with Crippen molar-refractivity contribution in [2.75, 3.05) is 0 Å². The monoisotopic (exact) mass is 275 g/mol. The molecule has 2 rings (SSSR count). The summed E-state index contributed by atoms with van der Waals surface area (Å²) in [6.07, 6.45) is 4.69. The van der Waals surface area contributed by atoms with Crippen LogP contribution in [-0.4, -0.2) is 26.3 Å². The zero-order valence-electron chi connectivity index (χ0n) is 12.8. The summed E-state index contributed by atoms with van der Waals surface area (Å²) in [6, 6.07) is 4.54. The summed E-state index contributed by atoms with van der Waals surface area (Å²) in [5.41, 5.74) is 1.61. The van der Waals surface area contributed by atoms with Crippen LogP contribution in [0.1, 0.15) is 39.7 Å². The molecule has 4 nitrogen and oxygen atoms in total. The number of aryl methyl sites for hydroxylation is 1. The van der Waals surface area contributed by atoms with Crippen LogP contribution >= 0.6 is 0 Å². The van der Waals surface area contributed by atoms with E-state index in [9.17, 15) is 5.11 Å². The Morgan fingerprint density at radius 1 is 1.40 bits per heavy atom. The lowest BCUT2D eigenvalue weighted by atomic mass is 10.1. The van der Waals surface area contributed by atoms with Crippen molar-refractivity contribution in [3.63, 3.8) is 0 Å². The van der Waals surface area contributed by atoms with Crippen molar-refractivity contribution in [1.29, 1.82) is 0 Å². The van der Waals surface area contributed by atoms with Gasteiger partial charge >= 0.3 is 0 Å². The minimum Gasteiger partial charge on any atom is -0.390 e. The summed E-state index contributed by atoms with van der Waals surface area (Å²) in [5, 5.41) is 14.5. The third kappa shape index (κ3) is 3.81. The van der Waals surface area contributed by atoms with Gasteiger partial charge in [-0.05, 0) is 38.0 Å². The summed E-state index contributed by atoms with van der Waals surface area (Å²) in [6.45, 7) is 9.59. The van der Waals surface area contributed by atoms with Gasteiger partial charge in [-0.2, -0.15) is 0 Å². The van der Waals surface area contributed by atoms with Gasteiger partial charge in [-0.3, -0.25) is 0 Å². The third-order valence-corrected chi connectivity index (χ3v) is 3.38. The lowest BCUT2D eigenvalue weighted by Crippen LogP contribution is -2.22. The van der Waals surface area contributed by atoms with E-state index in [1.54, 1.807) is 0 Å². The van der Waals surface area contributed by atoms with Crippen LogP contribution in [0, 0.1) is 0 Å². The van der Waals surface area contributed by atoms with Gasteiger partial charge in [0.2, 0.25) is 0 Å². The number of nitrogens with one attached hydrogen (secondary N) is 1. The maximum absolute atomic E-state index is 9.89. The Balaban J connectivity index is 2.26. The standard InChI is InChI=1S/C16H25N3O/c1-12(2)18-10-13-11-19(9-7-16(3,4)20)15-14(13)6-5-8-17-15/h5-6,8,11-12,18,20H,7,9-10H2,1-4H3. The quantitative estimate of drug-likeness (QED) is 0.852. The fourth-order valence-corrected chi connectivity index (χ4v) is 2.21. The van der Waals surface area contributed by atoms with Crippen molar-refractivity contribution < 1.29 is 5.11 Å². The predicted octanol–water partition coefficient (Wildman–Crippen LogP) is 2.70. The van der Waals surface area contributed by atoms with Crippen molar-refractivity contribution in [3.8, 4) is 0 Å². The Morgan fingerprint density at radius 3 is 2.80 bits per heavy atom. The minimum absolute atomic E-state index is 0.460. The molecule has 2 heterocycles. The van der Waals surface area contributed by atoms with Gasteiger partial charge in [0.15, 0.2) is 0 Å². The van der Waals surface area contributed by atoms with Gasteiger partial charge in [0, 0.05) is 36.9 Å². The van der Waals surface area contributed by atoms with E-state index in [2.05, 4.69) is 41.0 Å². The van der Waals surface area contributed by atoms with E-state index in [1.165, 1.54) is 10.9 Å². The van der Waals surface area contributed by atoms with E-state index in [1.807, 2.05) is 26.1 Å². The summed E-state index contributed by atoms with van der Waals surface area (Å²) in [4.78, 5) is 4.48. The van der Waals surface area contributed by atoms with Gasteiger partial charge in [0.1, 0.15) is 5.65 Å². The Morgan fingerprint density at radius 2 is 2.15 bits per heavy atom. The summed E-state index contributed by atoms with van der Waals surface area (Å²) >= 11 is 0. The highest BCUT2D eigenvalue weighted by Crippen LogP contribution is 2.21. The maximum Gasteiger partial charge on any atom is 0.140 e. The maximum atomic E-state index is 9.89. The van der Waals surface area contributed by atoms with Crippen LogP contribution in [0.25, 0.3) is 11.0 Å². The predicted molar refractivity (Wildman–Crippen MR) is 82.6 cm³/mol. The van der Waals surface area contributed by atoms with Crippen LogP contribution in [0.4, 0.5) is 0 Å². The van der Waals surface area contributed by atoms with Gasteiger partial charge in [-0.25, -0.2) is 4.98 Å². The second kappa shape index (κ2) is 5.94. The van der Waals surface area contributed by atoms with E-state index in [-0.39, 0.29) is 0 Å². The van der Waals surface area contributed by atoms with E-state index < -0.39 is 5.60 Å². The average Bonchev–Trinajstić information content (AvgIpc) is 2.71. The summed E-state index contributed by atoms with van der Waals surface area (Å²) in [7, 11) is 0. The number of hydrogen-bond donors (Lipinski definition) is 2. The molecular weight excluding hydrogens is 250 g/mol. The van der Waals surface area contributed by atoms with Crippen LogP contribution in [-0.2, 0) is 13.1 Å². The Labute approximate surface area is 120 Å². The normalized spacial score (nSPS) is 12.5. The van der Waals surface area contributed by atoms with E-state index in [0.29, 0.717) is 12.5 Å². The van der Waals surface area contributed by atoms with Crippen LogP contribution in [0.3, 0.4) is 0 Å². The van der Waals surface area contributed by atoms with Crippen molar-refractivity contribution in [2.45, 2.75) is 58.8 Å². The Kier molecular flexibility index (Phi) is 4.45. The first-order valence-electron chi connectivity index (χ1n) is 7.25. The molecule has 0 atom stereocenters. The van der Waals surface area contributed by atoms with Crippen LogP contribution in [0.5, 0.6) is 0 Å². The molecule has 0 saturated heterocycles. The number of pyridine rings is 1. The van der Waals surface area contributed by atoms with E-state index in [4.69, 9.17) is 0 Å². The fraction of sp³-hybridized carbons (Fsp3) is 0.562. The zero-order chi connectivity index (χ0) is 14.8. The summed E-state index contributed by atoms with van der Waals surface area (Å²) in [5.74, 6) is 0. The van der Waals surface area contributed by atoms with E-state index in [0.717, 1.165) is 18.7 Å². The molecule has 2 N–H and O–H groups in total. The Hall–Kier alpha value is -1.39. The molecule has 0 spiro atoms. The molecule has 0 fully saturated rings. The van der Waals surface area contributed by atoms with Gasteiger partial charge in [0.25, 0.3) is 0 Å². The molecule has 110 valence electrons. The molecule has 0 amide bonds. The smallest absolute Gasteiger partial charge is 0.140 e. The molecule has 0 aliphatic carbocycles. The molecule has 2 aromatic rings. The van der Waals surface area contributed by atoms with Gasteiger partial charge < -0.3 is 15.0 Å². The summed E-state index contributed by atoms with van der Waals surface area (Å²) < 4.78 is 2.14. The molecule has 0 unspecified atom stereocenters. The second-order valence-electron chi connectivity index (χ2n) is 6.32. The van der Waals surface area contributed by atoms with Crippen LogP contribution in [0.2, 0.25) is 0 Å². The molecule has 2 aromatic heterocycles. The number of fused-ring (bicyclic) bond motifs is 1. The molecular formula is C16H25N3O. The van der Waals surface area contributed by atoms with Crippen molar-refractivity contribution in [1.82, 2.24) is 14.9 Å². The molecule has 0 aliphatic heterocycles.